The monoisotopic (exact) mass is 734 g/mol. The van der Waals surface area contributed by atoms with E-state index in [0.29, 0.717) is 35.2 Å². The summed E-state index contributed by atoms with van der Waals surface area (Å²) in [5.41, 5.74) is 3.50. The van der Waals surface area contributed by atoms with Crippen molar-refractivity contribution in [2.75, 3.05) is 18.1 Å². The molecule has 54 heavy (non-hydrogen) atoms. The number of nitrogens with one attached hydrogen (secondary N) is 1. The number of amides is 2. The molecule has 1 aromatic heterocycles. The van der Waals surface area contributed by atoms with Crippen LogP contribution in [0.2, 0.25) is 0 Å². The van der Waals surface area contributed by atoms with Crippen LogP contribution in [-0.4, -0.2) is 69.0 Å². The number of nitrogens with zero attached hydrogens (tertiary/aromatic N) is 3. The Hall–Kier alpha value is -6.26. The highest BCUT2D eigenvalue weighted by Crippen LogP contribution is 2.28. The van der Waals surface area contributed by atoms with Crippen LogP contribution in [0.5, 0.6) is 11.8 Å². The number of benzene rings is 3. The summed E-state index contributed by atoms with van der Waals surface area (Å²) in [5.74, 6) is 4.67. The molecule has 0 saturated heterocycles. The predicted molar refractivity (Wildman–Crippen MR) is 199 cm³/mol. The summed E-state index contributed by atoms with van der Waals surface area (Å²) < 4.78 is 12.0. The number of ether oxygens (including phenoxy) is 2. The minimum Gasteiger partial charge on any atom is -0.492 e. The van der Waals surface area contributed by atoms with Gasteiger partial charge in [0.15, 0.2) is 6.10 Å². The van der Waals surface area contributed by atoms with Crippen molar-refractivity contribution in [2.24, 2.45) is 5.16 Å². The molecule has 13 heteroatoms. The van der Waals surface area contributed by atoms with Crippen LogP contribution in [-0.2, 0) is 25.7 Å². The van der Waals surface area contributed by atoms with Crippen molar-refractivity contribution < 1.29 is 43.7 Å². The fraction of sp³-hybridized carbons (Fsp3) is 0.317. The van der Waals surface area contributed by atoms with Gasteiger partial charge in [0.25, 0.3) is 5.91 Å². The van der Waals surface area contributed by atoms with E-state index in [1.807, 2.05) is 80.6 Å². The lowest BCUT2D eigenvalue weighted by Gasteiger charge is -2.29. The fourth-order valence-electron chi connectivity index (χ4n) is 5.99. The van der Waals surface area contributed by atoms with E-state index in [9.17, 15) is 24.6 Å². The molecule has 13 nitrogen and oxygen atoms in total. The molecule has 1 unspecified atom stereocenters. The largest absolute Gasteiger partial charge is 0.492 e. The van der Waals surface area contributed by atoms with Crippen molar-refractivity contribution in [3.8, 4) is 23.6 Å². The molecular formula is C41H42N4O9. The number of oxime groups is 1. The quantitative estimate of drug-likeness (QED) is 0.147. The molecule has 2 aliphatic rings. The van der Waals surface area contributed by atoms with Crippen LogP contribution in [0.4, 0.5) is 10.5 Å². The summed E-state index contributed by atoms with van der Waals surface area (Å²) in [5, 5.41) is 26.5. The molecule has 0 radical (unpaired) electrons. The number of hydrogen-bond donors (Lipinski definition) is 3. The number of hydrogen-bond acceptors (Lipinski definition) is 10. The van der Waals surface area contributed by atoms with Crippen LogP contribution in [0.3, 0.4) is 0 Å². The van der Waals surface area contributed by atoms with Crippen molar-refractivity contribution >= 4 is 29.4 Å². The summed E-state index contributed by atoms with van der Waals surface area (Å²) in [4.78, 5) is 51.3. The van der Waals surface area contributed by atoms with Gasteiger partial charge in [-0.3, -0.25) is 4.79 Å². The van der Waals surface area contributed by atoms with Gasteiger partial charge in [-0.15, -0.1) is 4.73 Å². The molecule has 2 aliphatic heterocycles. The lowest BCUT2D eigenvalue weighted by atomic mass is 10.0. The first-order valence-electron chi connectivity index (χ1n) is 17.5. The topological polar surface area (TPSA) is 161 Å². The first-order valence-corrected chi connectivity index (χ1v) is 17.5. The number of alkyl carbamates (subject to hydrolysis) is 1. The number of para-hydroxylation sites is 1. The number of anilines is 1. The van der Waals surface area contributed by atoms with Gasteiger partial charge >= 0.3 is 12.1 Å². The second kappa shape index (κ2) is 15.8. The fourth-order valence-corrected chi connectivity index (χ4v) is 5.99. The van der Waals surface area contributed by atoms with Crippen LogP contribution in [0.1, 0.15) is 79.6 Å². The van der Waals surface area contributed by atoms with E-state index in [1.54, 1.807) is 24.8 Å². The Morgan fingerprint density at radius 3 is 2.33 bits per heavy atom. The molecule has 3 heterocycles. The van der Waals surface area contributed by atoms with Crippen molar-refractivity contribution in [3.05, 3.63) is 113 Å². The van der Waals surface area contributed by atoms with Crippen molar-refractivity contribution in [1.29, 1.82) is 0 Å². The van der Waals surface area contributed by atoms with E-state index in [1.165, 1.54) is 12.1 Å². The van der Waals surface area contributed by atoms with Crippen LogP contribution < -0.4 is 15.1 Å². The summed E-state index contributed by atoms with van der Waals surface area (Å²) >= 11 is 0. The number of fused-ring (bicyclic) bond motifs is 2. The molecule has 4 aromatic rings. The maximum absolute atomic E-state index is 13.8. The Bertz CT molecular complexity index is 2110. The van der Waals surface area contributed by atoms with Crippen LogP contribution in [0.15, 0.2) is 90.1 Å². The normalized spacial score (nSPS) is 15.0. The lowest BCUT2D eigenvalue weighted by molar-refractivity contribution is -0.152. The van der Waals surface area contributed by atoms with Gasteiger partial charge in [-0.05, 0) is 69.5 Å². The minimum absolute atomic E-state index is 0.0484. The summed E-state index contributed by atoms with van der Waals surface area (Å²) in [7, 11) is 0. The molecule has 2 amide bonds. The predicted octanol–water partition coefficient (Wildman–Crippen LogP) is 5.69. The second-order valence-corrected chi connectivity index (χ2v) is 14.3. The third-order valence-corrected chi connectivity index (χ3v) is 8.93. The maximum atomic E-state index is 13.8. The van der Waals surface area contributed by atoms with Gasteiger partial charge in [0.1, 0.15) is 6.61 Å². The second-order valence-electron chi connectivity index (χ2n) is 14.3. The maximum Gasteiger partial charge on any atom is 0.407 e. The third kappa shape index (κ3) is 9.20. The summed E-state index contributed by atoms with van der Waals surface area (Å²) in [6, 6.07) is 24.8. The zero-order valence-electron chi connectivity index (χ0n) is 30.5. The molecule has 1 atom stereocenters. The van der Waals surface area contributed by atoms with Gasteiger partial charge in [0.2, 0.25) is 11.8 Å². The Kier molecular flexibility index (Phi) is 11.0. The van der Waals surface area contributed by atoms with E-state index < -0.39 is 35.0 Å². The molecule has 3 N–H and O–H groups in total. The number of aromatic hydroxyl groups is 2. The Labute approximate surface area is 313 Å². The number of aromatic nitrogens is 1. The van der Waals surface area contributed by atoms with Gasteiger partial charge in [0, 0.05) is 41.8 Å². The van der Waals surface area contributed by atoms with Crippen molar-refractivity contribution in [3.63, 3.8) is 0 Å². The van der Waals surface area contributed by atoms with Gasteiger partial charge in [-0.25, -0.2) is 9.59 Å². The van der Waals surface area contributed by atoms with E-state index in [-0.39, 0.29) is 31.6 Å². The highest BCUT2D eigenvalue weighted by atomic mass is 16.7. The van der Waals surface area contributed by atoms with Crippen molar-refractivity contribution in [2.45, 2.75) is 70.8 Å². The van der Waals surface area contributed by atoms with Gasteiger partial charge in [-0.1, -0.05) is 65.5 Å². The highest BCUT2D eigenvalue weighted by molar-refractivity contribution is 6.09. The summed E-state index contributed by atoms with van der Waals surface area (Å²) in [6.45, 7) is 7.64. The SMILES string of the molecule is CC(C)(CCOC(C)(C)CC(=O)On1c(O)ccc1O)NC(=O)OCc1ccc(C2=NOC(CN3C(=O)c4ccccc4C#Cc4ccccc43)C2)cc1. The molecule has 3 aromatic carbocycles. The summed E-state index contributed by atoms with van der Waals surface area (Å²) in [6.07, 6.45) is -0.191. The molecule has 280 valence electrons. The molecule has 6 rings (SSSR count). The average Bonchev–Trinajstić information content (AvgIpc) is 3.73. The minimum atomic E-state index is -0.921. The first-order chi connectivity index (χ1) is 25.8. The standard InChI is InChI=1S/C41H42N4O9/c1-40(2,21-22-52-41(3,4)24-37(48)54-45-35(46)19-20-36(45)47)42-39(50)51-26-27-13-15-29(16-14-27)33-23-31(53-43-33)25-44-34-12-8-6-10-30(34)18-17-28-9-5-7-11-32(28)38(44)49/h5-16,19-20,31,46-47H,21-26H2,1-4H3,(H,42,50). The first kappa shape index (κ1) is 37.5. The number of carbonyl (C=O) groups is 3. The number of carbonyl (C=O) groups excluding carboxylic acids is 3. The van der Waals surface area contributed by atoms with Crippen LogP contribution >= 0.6 is 0 Å². The van der Waals surface area contributed by atoms with E-state index in [4.69, 9.17) is 19.1 Å². The molecule has 0 saturated carbocycles. The van der Waals surface area contributed by atoms with E-state index >= 15 is 0 Å². The van der Waals surface area contributed by atoms with Crippen LogP contribution in [0, 0.1) is 11.8 Å². The third-order valence-electron chi connectivity index (χ3n) is 8.93. The molecule has 0 aliphatic carbocycles. The molecule has 0 spiro atoms. The van der Waals surface area contributed by atoms with Gasteiger partial charge in [-0.2, -0.15) is 0 Å². The molecule has 0 bridgehead atoms. The van der Waals surface area contributed by atoms with E-state index in [0.717, 1.165) is 28.1 Å². The zero-order valence-corrected chi connectivity index (χ0v) is 30.5. The van der Waals surface area contributed by atoms with Crippen LogP contribution in [0.25, 0.3) is 0 Å². The van der Waals surface area contributed by atoms with Gasteiger partial charge in [0.05, 0.1) is 35.5 Å². The number of rotatable bonds is 13. The zero-order chi connectivity index (χ0) is 38.5. The lowest BCUT2D eigenvalue weighted by Crippen LogP contribution is -2.45. The Balaban J connectivity index is 0.952. The van der Waals surface area contributed by atoms with Gasteiger partial charge < -0.3 is 39.6 Å². The van der Waals surface area contributed by atoms with Crippen molar-refractivity contribution in [1.82, 2.24) is 10.0 Å². The molecule has 0 fully saturated rings. The average molecular weight is 735 g/mol. The smallest absolute Gasteiger partial charge is 0.407 e. The Morgan fingerprint density at radius 2 is 1.59 bits per heavy atom. The Morgan fingerprint density at radius 1 is 0.926 bits per heavy atom. The highest BCUT2D eigenvalue weighted by Gasteiger charge is 2.31. The molecular weight excluding hydrogens is 692 g/mol. The van der Waals surface area contributed by atoms with E-state index in [2.05, 4.69) is 22.3 Å².